The molecule has 3 aromatic carbocycles. The van der Waals surface area contributed by atoms with Crippen LogP contribution in [0.2, 0.25) is 0 Å². The van der Waals surface area contributed by atoms with Crippen molar-refractivity contribution in [1.29, 1.82) is 0 Å². The highest BCUT2D eigenvalue weighted by Gasteiger charge is 2.26. The number of benzene rings is 3. The van der Waals surface area contributed by atoms with Crippen LogP contribution in [0.15, 0.2) is 60.8 Å². The molecule has 1 aliphatic rings. The van der Waals surface area contributed by atoms with E-state index in [-0.39, 0.29) is 36.1 Å². The number of hydrogen-bond acceptors (Lipinski definition) is 9. The number of carbonyl (C=O) groups excluding carboxylic acids is 2. The van der Waals surface area contributed by atoms with Gasteiger partial charge in [-0.1, -0.05) is 18.2 Å². The van der Waals surface area contributed by atoms with Crippen molar-refractivity contribution in [2.75, 3.05) is 36.9 Å². The number of aromatic nitrogens is 5. The molecule has 1 fully saturated rings. The maximum atomic E-state index is 15.7. The van der Waals surface area contributed by atoms with Gasteiger partial charge < -0.3 is 10.2 Å². The van der Waals surface area contributed by atoms with E-state index < -0.39 is 29.8 Å². The van der Waals surface area contributed by atoms with Crippen molar-refractivity contribution in [3.05, 3.63) is 106 Å². The zero-order valence-corrected chi connectivity index (χ0v) is 32.4. The number of hydrogen-bond donors (Lipinski definition) is 2. The summed E-state index contributed by atoms with van der Waals surface area (Å²) >= 11 is 0. The molecule has 0 bridgehead atoms. The molecule has 58 heavy (non-hydrogen) atoms. The second-order valence-corrected chi connectivity index (χ2v) is 14.7. The number of aryl methyl sites for hydroxylation is 2. The van der Waals surface area contributed by atoms with Crippen LogP contribution >= 0.6 is 0 Å². The van der Waals surface area contributed by atoms with Gasteiger partial charge in [0.1, 0.15) is 29.1 Å². The first-order valence-corrected chi connectivity index (χ1v) is 18.9. The molecular formula is C42H42F5N9O2. The molecule has 1 saturated heterocycles. The van der Waals surface area contributed by atoms with E-state index >= 15 is 13.2 Å². The average Bonchev–Trinajstić information content (AvgIpc) is 3.52. The van der Waals surface area contributed by atoms with Crippen LogP contribution in [0.1, 0.15) is 72.6 Å². The van der Waals surface area contributed by atoms with Gasteiger partial charge in [-0.15, -0.1) is 0 Å². The molecule has 3 aromatic heterocycles. The van der Waals surface area contributed by atoms with Crippen molar-refractivity contribution in [2.24, 2.45) is 7.05 Å². The highest BCUT2D eigenvalue weighted by molar-refractivity contribution is 5.93. The Morgan fingerprint density at radius 2 is 1.76 bits per heavy atom. The quantitative estimate of drug-likeness (QED) is 0.0888. The molecule has 16 heteroatoms. The predicted molar refractivity (Wildman–Crippen MR) is 211 cm³/mol. The lowest BCUT2D eigenvalue weighted by molar-refractivity contribution is -0.125. The Hall–Kier alpha value is -6.03. The van der Waals surface area contributed by atoms with Crippen LogP contribution in [-0.2, 0) is 23.2 Å². The third-order valence-electron chi connectivity index (χ3n) is 10.8. The lowest BCUT2D eigenvalue weighted by Gasteiger charge is -2.32. The summed E-state index contributed by atoms with van der Waals surface area (Å²) in [5.41, 5.74) is 2.92. The van der Waals surface area contributed by atoms with Crippen molar-refractivity contribution in [1.82, 2.24) is 34.9 Å². The number of halogens is 5. The van der Waals surface area contributed by atoms with Crippen molar-refractivity contribution in [2.45, 2.75) is 58.0 Å². The van der Waals surface area contributed by atoms with E-state index in [0.29, 0.717) is 95.0 Å². The van der Waals surface area contributed by atoms with Crippen LogP contribution in [0.25, 0.3) is 33.1 Å². The van der Waals surface area contributed by atoms with Gasteiger partial charge in [0.2, 0.25) is 12.3 Å². The number of nitrogens with one attached hydrogen (secondary N) is 2. The summed E-state index contributed by atoms with van der Waals surface area (Å²) in [6, 6.07) is 13.1. The number of anilines is 2. The number of imide groups is 1. The number of nitrogens with zero attached hydrogens (tertiary/aromatic N) is 7. The van der Waals surface area contributed by atoms with Crippen LogP contribution in [0.3, 0.4) is 0 Å². The van der Waals surface area contributed by atoms with Crippen LogP contribution in [0.5, 0.6) is 0 Å². The lowest BCUT2D eigenvalue weighted by Crippen LogP contribution is -2.33. The van der Waals surface area contributed by atoms with E-state index in [2.05, 4.69) is 35.6 Å². The smallest absolute Gasteiger partial charge is 0.266 e. The highest BCUT2D eigenvalue weighted by atomic mass is 19.3. The molecule has 0 radical (unpaired) electrons. The first kappa shape index (κ1) is 40.2. The van der Waals surface area contributed by atoms with Gasteiger partial charge in [0.25, 0.3) is 6.43 Å². The summed E-state index contributed by atoms with van der Waals surface area (Å²) in [5.74, 6) is -0.821. The SMILES string of the molecule is Cc1nc(NC(C)c2cccc(C(F)F)c2F)c2cc(-c3ccc(F)c(CN4CCC(c5cc6c(cc5F)c(N(C)CCC(=O)NC=O)nn6C)CC4)c3)ncc2n1. The molecule has 1 aliphatic heterocycles. The Balaban J connectivity index is 1.05. The van der Waals surface area contributed by atoms with Gasteiger partial charge in [0.15, 0.2) is 5.82 Å². The number of carbonyl (C=O) groups is 2. The van der Waals surface area contributed by atoms with Crippen molar-refractivity contribution in [3.8, 4) is 11.3 Å². The highest BCUT2D eigenvalue weighted by Crippen LogP contribution is 2.36. The summed E-state index contributed by atoms with van der Waals surface area (Å²) in [6.07, 6.45) is 0.369. The van der Waals surface area contributed by atoms with Crippen molar-refractivity contribution < 1.29 is 31.5 Å². The van der Waals surface area contributed by atoms with Crippen LogP contribution in [-0.4, -0.2) is 68.6 Å². The molecule has 0 aliphatic carbocycles. The van der Waals surface area contributed by atoms with E-state index in [1.807, 2.05) is 6.07 Å². The minimum atomic E-state index is -2.96. The first-order valence-electron chi connectivity index (χ1n) is 18.9. The molecule has 6 aromatic rings. The Bertz CT molecular complexity index is 2500. The number of pyridine rings is 1. The average molecular weight is 800 g/mol. The van der Waals surface area contributed by atoms with Crippen LogP contribution < -0.4 is 15.5 Å². The van der Waals surface area contributed by atoms with E-state index in [4.69, 9.17) is 0 Å². The monoisotopic (exact) mass is 799 g/mol. The summed E-state index contributed by atoms with van der Waals surface area (Å²) in [4.78, 5) is 39.9. The van der Waals surface area contributed by atoms with Gasteiger partial charge in [-0.2, -0.15) is 5.10 Å². The standard InChI is InChI=1S/C42H42F5N9O2/c1-23(28-6-5-7-29(39(28)45)40(46)47)50-41-31-18-35(48-20-36(31)51-24(2)52-41)26-8-9-33(43)27(16-26)21-56-14-10-25(11-15-56)30-19-37-32(17-34(30)44)42(53-55(37)4)54(3)13-12-38(58)49-22-57/h5-9,16-20,22-23,25,40H,10-15,21H2,1-4H3,(H,49,57,58)(H,50,51,52). The van der Waals surface area contributed by atoms with Crippen LogP contribution in [0.4, 0.5) is 33.6 Å². The molecule has 2 N–H and O–H groups in total. The number of piperidine rings is 1. The van der Waals surface area contributed by atoms with Gasteiger partial charge in [-0.25, -0.2) is 31.9 Å². The Kier molecular flexibility index (Phi) is 11.7. The fourth-order valence-corrected chi connectivity index (χ4v) is 7.65. The third-order valence-corrected chi connectivity index (χ3v) is 10.8. The number of fused-ring (bicyclic) bond motifs is 2. The summed E-state index contributed by atoms with van der Waals surface area (Å²) in [5, 5.41) is 11.0. The molecule has 0 spiro atoms. The Morgan fingerprint density at radius 3 is 2.50 bits per heavy atom. The summed E-state index contributed by atoms with van der Waals surface area (Å²) in [7, 11) is 3.54. The molecule has 1 unspecified atom stereocenters. The molecule has 302 valence electrons. The van der Waals surface area contributed by atoms with E-state index in [1.54, 1.807) is 61.9 Å². The zero-order chi connectivity index (χ0) is 41.2. The Labute approximate surface area is 331 Å². The number of rotatable bonds is 13. The van der Waals surface area contributed by atoms with Gasteiger partial charge >= 0.3 is 0 Å². The molecule has 1 atom stereocenters. The van der Waals surface area contributed by atoms with Crippen LogP contribution in [0, 0.1) is 24.4 Å². The second-order valence-electron chi connectivity index (χ2n) is 14.7. The maximum absolute atomic E-state index is 15.7. The molecule has 4 heterocycles. The first-order chi connectivity index (χ1) is 27.8. The fourth-order valence-electron chi connectivity index (χ4n) is 7.65. The third kappa shape index (κ3) is 8.33. The fraction of sp³-hybridized carbons (Fsp3) is 0.333. The number of amides is 2. The lowest BCUT2D eigenvalue weighted by atomic mass is 9.88. The number of likely N-dealkylation sites (tertiary alicyclic amines) is 1. The largest absolute Gasteiger partial charge is 0.363 e. The summed E-state index contributed by atoms with van der Waals surface area (Å²) in [6.45, 7) is 5.22. The maximum Gasteiger partial charge on any atom is 0.266 e. The topological polar surface area (TPSA) is 121 Å². The van der Waals surface area contributed by atoms with Crippen molar-refractivity contribution in [3.63, 3.8) is 0 Å². The minimum absolute atomic E-state index is 0.0529. The van der Waals surface area contributed by atoms with Gasteiger partial charge in [0.05, 0.1) is 34.5 Å². The molecule has 11 nitrogen and oxygen atoms in total. The predicted octanol–water partition coefficient (Wildman–Crippen LogP) is 7.89. The minimum Gasteiger partial charge on any atom is -0.363 e. The normalized spacial score (nSPS) is 14.3. The zero-order valence-electron chi connectivity index (χ0n) is 32.4. The molecule has 2 amide bonds. The van der Waals surface area contributed by atoms with Crippen molar-refractivity contribution >= 4 is 45.8 Å². The van der Waals surface area contributed by atoms with Gasteiger partial charge in [0, 0.05) is 61.1 Å². The van der Waals surface area contributed by atoms with Gasteiger partial charge in [-0.3, -0.25) is 29.5 Å². The van der Waals surface area contributed by atoms with Gasteiger partial charge in [-0.05, 0) is 87.7 Å². The Morgan fingerprint density at radius 1 is 1.00 bits per heavy atom. The molecular weight excluding hydrogens is 758 g/mol. The van der Waals surface area contributed by atoms with E-state index in [9.17, 15) is 18.4 Å². The molecule has 7 rings (SSSR count). The van der Waals surface area contributed by atoms with E-state index in [0.717, 1.165) is 11.6 Å². The number of alkyl halides is 2. The molecule has 0 saturated carbocycles. The van der Waals surface area contributed by atoms with E-state index in [1.165, 1.54) is 24.3 Å². The second kappa shape index (κ2) is 16.8. The summed E-state index contributed by atoms with van der Waals surface area (Å²) < 4.78 is 74.6.